The van der Waals surface area contributed by atoms with Gasteiger partial charge in [0.05, 0.1) is 17.3 Å². The molecule has 0 saturated carbocycles. The van der Waals surface area contributed by atoms with Gasteiger partial charge in [0.2, 0.25) is 5.95 Å². The molecule has 0 bridgehead atoms. The lowest BCUT2D eigenvalue weighted by molar-refractivity contribution is 0.101. The average Bonchev–Trinajstić information content (AvgIpc) is 3.06. The Labute approximate surface area is 144 Å². The number of benzene rings is 1. The van der Waals surface area contributed by atoms with Crippen LogP contribution in [0.2, 0.25) is 5.02 Å². The SMILES string of the molecule is Cc1ccccc1Cn1cnc(NC(=O)c2c(Cl)c(C)nn2C)n1. The summed E-state index contributed by atoms with van der Waals surface area (Å²) in [6, 6.07) is 8.05. The van der Waals surface area contributed by atoms with Crippen LogP contribution in [0.25, 0.3) is 0 Å². The van der Waals surface area contributed by atoms with E-state index < -0.39 is 5.91 Å². The Bertz CT molecular complexity index is 898. The molecule has 1 N–H and O–H groups in total. The summed E-state index contributed by atoms with van der Waals surface area (Å²) in [6.45, 7) is 4.37. The molecule has 0 spiro atoms. The number of rotatable bonds is 4. The monoisotopic (exact) mass is 344 g/mol. The molecule has 0 unspecified atom stereocenters. The summed E-state index contributed by atoms with van der Waals surface area (Å²) in [5.74, 6) is -0.166. The molecule has 1 aromatic carbocycles. The molecule has 3 aromatic rings. The minimum Gasteiger partial charge on any atom is -0.288 e. The predicted octanol–water partition coefficient (Wildman–Crippen LogP) is 2.58. The minimum atomic E-state index is -0.392. The first kappa shape index (κ1) is 16.2. The van der Waals surface area contributed by atoms with Gasteiger partial charge in [-0.15, -0.1) is 5.10 Å². The van der Waals surface area contributed by atoms with Crippen molar-refractivity contribution in [3.8, 4) is 0 Å². The Hall–Kier alpha value is -2.67. The van der Waals surface area contributed by atoms with E-state index in [-0.39, 0.29) is 11.6 Å². The molecule has 8 heteroatoms. The molecule has 0 aliphatic rings. The number of carbonyl (C=O) groups is 1. The minimum absolute atomic E-state index is 0.225. The summed E-state index contributed by atoms with van der Waals surface area (Å²) < 4.78 is 3.12. The Morgan fingerprint density at radius 1 is 1.25 bits per heavy atom. The zero-order chi connectivity index (χ0) is 17.3. The molecule has 0 aliphatic heterocycles. The van der Waals surface area contributed by atoms with E-state index >= 15 is 0 Å². The number of aromatic nitrogens is 5. The van der Waals surface area contributed by atoms with Crippen molar-refractivity contribution in [3.63, 3.8) is 0 Å². The number of nitrogens with one attached hydrogen (secondary N) is 1. The van der Waals surface area contributed by atoms with Crippen LogP contribution in [0.15, 0.2) is 30.6 Å². The molecule has 0 atom stereocenters. The van der Waals surface area contributed by atoms with Crippen LogP contribution < -0.4 is 5.32 Å². The molecule has 7 nitrogen and oxygen atoms in total. The molecular formula is C16H17ClN6O. The van der Waals surface area contributed by atoms with Crippen LogP contribution in [0.5, 0.6) is 0 Å². The molecule has 24 heavy (non-hydrogen) atoms. The van der Waals surface area contributed by atoms with Gasteiger partial charge in [0.15, 0.2) is 0 Å². The average molecular weight is 345 g/mol. The fourth-order valence-electron chi connectivity index (χ4n) is 2.43. The van der Waals surface area contributed by atoms with Crippen molar-refractivity contribution in [2.45, 2.75) is 20.4 Å². The second-order valence-electron chi connectivity index (χ2n) is 5.52. The number of hydrogen-bond acceptors (Lipinski definition) is 4. The maximum atomic E-state index is 12.3. The van der Waals surface area contributed by atoms with Crippen LogP contribution in [0, 0.1) is 13.8 Å². The van der Waals surface area contributed by atoms with Crippen molar-refractivity contribution in [2.75, 3.05) is 5.32 Å². The van der Waals surface area contributed by atoms with E-state index in [1.807, 2.05) is 31.2 Å². The van der Waals surface area contributed by atoms with E-state index in [2.05, 4.69) is 20.5 Å². The number of halogens is 1. The van der Waals surface area contributed by atoms with Crippen molar-refractivity contribution < 1.29 is 4.79 Å². The highest BCUT2D eigenvalue weighted by Gasteiger charge is 2.20. The number of nitrogens with zero attached hydrogens (tertiary/aromatic N) is 5. The molecule has 2 aromatic heterocycles. The smallest absolute Gasteiger partial charge is 0.277 e. The van der Waals surface area contributed by atoms with Crippen molar-refractivity contribution in [3.05, 3.63) is 58.1 Å². The van der Waals surface area contributed by atoms with Gasteiger partial charge in [0, 0.05) is 7.05 Å². The van der Waals surface area contributed by atoms with Crippen LogP contribution in [-0.2, 0) is 13.6 Å². The van der Waals surface area contributed by atoms with E-state index in [0.29, 0.717) is 17.3 Å². The van der Waals surface area contributed by atoms with E-state index in [1.165, 1.54) is 10.2 Å². The molecule has 124 valence electrons. The van der Waals surface area contributed by atoms with Gasteiger partial charge in [-0.25, -0.2) is 9.67 Å². The van der Waals surface area contributed by atoms with E-state index in [9.17, 15) is 4.79 Å². The standard InChI is InChI=1S/C16H17ClN6O/c1-10-6-4-5-7-12(10)8-23-9-18-16(21-23)19-15(24)14-13(17)11(2)20-22(14)3/h4-7,9H,8H2,1-3H3,(H,19,21,24). The molecule has 0 saturated heterocycles. The summed E-state index contributed by atoms with van der Waals surface area (Å²) in [4.78, 5) is 16.5. The van der Waals surface area contributed by atoms with Crippen molar-refractivity contribution >= 4 is 23.5 Å². The van der Waals surface area contributed by atoms with E-state index in [0.717, 1.165) is 5.56 Å². The van der Waals surface area contributed by atoms with Crippen LogP contribution in [-0.4, -0.2) is 30.5 Å². The molecule has 3 rings (SSSR count). The van der Waals surface area contributed by atoms with Crippen molar-refractivity contribution in [1.82, 2.24) is 24.5 Å². The van der Waals surface area contributed by atoms with Gasteiger partial charge in [-0.1, -0.05) is 35.9 Å². The van der Waals surface area contributed by atoms with Crippen LogP contribution in [0.4, 0.5) is 5.95 Å². The highest BCUT2D eigenvalue weighted by molar-refractivity contribution is 6.34. The van der Waals surface area contributed by atoms with Crippen LogP contribution in [0.3, 0.4) is 0 Å². The van der Waals surface area contributed by atoms with Gasteiger partial charge in [-0.05, 0) is 25.0 Å². The number of aryl methyl sites for hydroxylation is 3. The number of amides is 1. The summed E-state index contributed by atoms with van der Waals surface area (Å²) in [6.07, 6.45) is 1.58. The third-order valence-corrected chi connectivity index (χ3v) is 4.17. The Balaban J connectivity index is 1.74. The van der Waals surface area contributed by atoms with Gasteiger partial charge in [-0.3, -0.25) is 14.8 Å². The Morgan fingerprint density at radius 3 is 2.67 bits per heavy atom. The van der Waals surface area contributed by atoms with Gasteiger partial charge in [0.1, 0.15) is 12.0 Å². The second-order valence-corrected chi connectivity index (χ2v) is 5.90. The Morgan fingerprint density at radius 2 is 2.00 bits per heavy atom. The lowest BCUT2D eigenvalue weighted by atomic mass is 10.1. The highest BCUT2D eigenvalue weighted by Crippen LogP contribution is 2.20. The quantitative estimate of drug-likeness (QED) is 0.789. The fourth-order valence-corrected chi connectivity index (χ4v) is 2.68. The summed E-state index contributed by atoms with van der Waals surface area (Å²) in [7, 11) is 1.66. The highest BCUT2D eigenvalue weighted by atomic mass is 35.5. The summed E-state index contributed by atoms with van der Waals surface area (Å²) >= 11 is 6.11. The topological polar surface area (TPSA) is 77.6 Å². The molecule has 1 amide bonds. The maximum Gasteiger partial charge on any atom is 0.277 e. The fraction of sp³-hybridized carbons (Fsp3) is 0.250. The zero-order valence-corrected chi connectivity index (χ0v) is 14.4. The zero-order valence-electron chi connectivity index (χ0n) is 13.6. The number of anilines is 1. The maximum absolute atomic E-state index is 12.3. The largest absolute Gasteiger partial charge is 0.288 e. The van der Waals surface area contributed by atoms with E-state index in [4.69, 9.17) is 11.6 Å². The summed E-state index contributed by atoms with van der Waals surface area (Å²) in [5, 5.41) is 11.4. The first-order valence-electron chi connectivity index (χ1n) is 7.40. The Kier molecular flexibility index (Phi) is 4.35. The third-order valence-electron chi connectivity index (χ3n) is 3.72. The van der Waals surface area contributed by atoms with Gasteiger partial charge in [0.25, 0.3) is 5.91 Å². The molecule has 0 aliphatic carbocycles. The second kappa shape index (κ2) is 6.45. The van der Waals surface area contributed by atoms with Gasteiger partial charge in [-0.2, -0.15) is 5.10 Å². The molecular weight excluding hydrogens is 328 g/mol. The normalized spacial score (nSPS) is 10.8. The van der Waals surface area contributed by atoms with Gasteiger partial charge >= 0.3 is 0 Å². The van der Waals surface area contributed by atoms with Gasteiger partial charge < -0.3 is 0 Å². The van der Waals surface area contributed by atoms with E-state index in [1.54, 1.807) is 25.0 Å². The lowest BCUT2D eigenvalue weighted by Gasteiger charge is -2.05. The van der Waals surface area contributed by atoms with Crippen molar-refractivity contribution in [2.24, 2.45) is 7.05 Å². The predicted molar refractivity (Wildman–Crippen MR) is 91.2 cm³/mol. The van der Waals surface area contributed by atoms with Crippen molar-refractivity contribution in [1.29, 1.82) is 0 Å². The molecule has 2 heterocycles. The first-order valence-corrected chi connectivity index (χ1v) is 7.78. The molecule has 0 fully saturated rings. The van der Waals surface area contributed by atoms with Crippen LogP contribution >= 0.6 is 11.6 Å². The molecule has 0 radical (unpaired) electrons. The first-order chi connectivity index (χ1) is 11.5. The third kappa shape index (κ3) is 3.16. The number of hydrogen-bond donors (Lipinski definition) is 1. The summed E-state index contributed by atoms with van der Waals surface area (Å²) in [5.41, 5.74) is 3.20. The lowest BCUT2D eigenvalue weighted by Crippen LogP contribution is -2.17. The van der Waals surface area contributed by atoms with Crippen LogP contribution in [0.1, 0.15) is 27.3 Å². The number of carbonyl (C=O) groups excluding carboxylic acids is 1.